The largest absolute Gasteiger partial charge is 0.469 e. The highest BCUT2D eigenvalue weighted by Gasteiger charge is 2.47. The minimum absolute atomic E-state index is 0.114. The van der Waals surface area contributed by atoms with Gasteiger partial charge in [-0.15, -0.1) is 0 Å². The smallest absolute Gasteiger partial charge is 0.410 e. The maximum Gasteiger partial charge on any atom is 0.410 e. The molecule has 2 heterocycles. The van der Waals surface area contributed by atoms with Crippen LogP contribution >= 0.6 is 0 Å². The topological polar surface area (TPSA) is 94.3 Å². The van der Waals surface area contributed by atoms with Gasteiger partial charge in [0.2, 0.25) is 0 Å². The van der Waals surface area contributed by atoms with Crippen LogP contribution in [0.15, 0.2) is 18.2 Å². The van der Waals surface area contributed by atoms with E-state index in [1.165, 1.54) is 7.11 Å². The predicted molar refractivity (Wildman–Crippen MR) is 115 cm³/mol. The second-order valence-electron chi connectivity index (χ2n) is 9.08. The molecular formula is C22H33N3O5. The first-order valence-corrected chi connectivity index (χ1v) is 10.3. The van der Waals surface area contributed by atoms with Crippen molar-refractivity contribution in [2.24, 2.45) is 0 Å². The summed E-state index contributed by atoms with van der Waals surface area (Å²) >= 11 is 0. The fraction of sp³-hybridized carbons (Fsp3) is 0.636. The van der Waals surface area contributed by atoms with Crippen LogP contribution in [0.4, 0.5) is 16.2 Å². The van der Waals surface area contributed by atoms with E-state index in [0.717, 1.165) is 24.2 Å². The highest BCUT2D eigenvalue weighted by Crippen LogP contribution is 2.39. The number of nitrogen functional groups attached to an aromatic ring is 1. The van der Waals surface area contributed by atoms with Gasteiger partial charge in [0.25, 0.3) is 0 Å². The first-order chi connectivity index (χ1) is 14.1. The van der Waals surface area contributed by atoms with Crippen molar-refractivity contribution in [3.05, 3.63) is 23.8 Å². The van der Waals surface area contributed by atoms with E-state index in [1.54, 1.807) is 7.11 Å². The van der Waals surface area contributed by atoms with Crippen LogP contribution < -0.4 is 10.6 Å². The Morgan fingerprint density at radius 2 is 1.93 bits per heavy atom. The zero-order valence-corrected chi connectivity index (χ0v) is 18.5. The van der Waals surface area contributed by atoms with Crippen LogP contribution in [0.5, 0.6) is 0 Å². The number of amides is 1. The number of likely N-dealkylation sites (tertiary alicyclic amines) is 1. The standard InChI is InChI=1S/C22H33N3O5/c1-22(2,3)30-21(27)25-12-16-10-17(25)11-24(16)19-7-6-14(8-18(19)23)15(13-28-4)9-20(26)29-5/h6-8,15-17H,9-13,23H2,1-5H3/t15?,16-,17-/m0/s1. The molecule has 0 spiro atoms. The van der Waals surface area contributed by atoms with E-state index in [4.69, 9.17) is 19.9 Å². The van der Waals surface area contributed by atoms with E-state index in [2.05, 4.69) is 4.90 Å². The van der Waals surface area contributed by atoms with Crippen LogP contribution in [0.1, 0.15) is 45.1 Å². The SMILES string of the molecule is COCC(CC(=O)OC)c1ccc(N2C[C@@H]3C[C@H]2CN3C(=O)OC(C)(C)C)c(N)c1. The van der Waals surface area contributed by atoms with Crippen LogP contribution in [0.3, 0.4) is 0 Å². The van der Waals surface area contributed by atoms with Crippen molar-refractivity contribution in [3.63, 3.8) is 0 Å². The van der Waals surface area contributed by atoms with Crippen molar-refractivity contribution >= 4 is 23.4 Å². The van der Waals surface area contributed by atoms with Gasteiger partial charge in [0.15, 0.2) is 0 Å². The van der Waals surface area contributed by atoms with Crippen LogP contribution in [0.25, 0.3) is 0 Å². The number of carbonyl (C=O) groups is 2. The monoisotopic (exact) mass is 419 g/mol. The number of ether oxygens (including phenoxy) is 3. The second-order valence-corrected chi connectivity index (χ2v) is 9.08. The minimum Gasteiger partial charge on any atom is -0.469 e. The number of hydrogen-bond acceptors (Lipinski definition) is 7. The maximum atomic E-state index is 12.5. The number of rotatable bonds is 6. The molecule has 8 nitrogen and oxygen atoms in total. The van der Waals surface area contributed by atoms with Crippen LogP contribution in [0.2, 0.25) is 0 Å². The normalized spacial score (nSPS) is 21.6. The molecule has 0 aliphatic carbocycles. The lowest BCUT2D eigenvalue weighted by atomic mass is 9.95. The first kappa shape index (κ1) is 22.2. The van der Waals surface area contributed by atoms with E-state index < -0.39 is 5.60 Å². The van der Waals surface area contributed by atoms with Crippen molar-refractivity contribution in [2.45, 2.75) is 57.2 Å². The van der Waals surface area contributed by atoms with E-state index >= 15 is 0 Å². The number of nitrogens with two attached hydrogens (primary N) is 1. The quantitative estimate of drug-likeness (QED) is 0.560. The van der Waals surface area contributed by atoms with Crippen molar-refractivity contribution < 1.29 is 23.8 Å². The third kappa shape index (κ3) is 4.80. The zero-order chi connectivity index (χ0) is 22.1. The molecule has 8 heteroatoms. The fourth-order valence-corrected chi connectivity index (χ4v) is 4.35. The van der Waals surface area contributed by atoms with Gasteiger partial charge in [0.1, 0.15) is 5.60 Å². The average molecular weight is 420 g/mol. The molecule has 0 saturated carbocycles. The molecule has 2 aliphatic rings. The lowest BCUT2D eigenvalue weighted by molar-refractivity contribution is -0.141. The number of benzene rings is 1. The molecule has 0 radical (unpaired) electrons. The Kier molecular flexibility index (Phi) is 6.45. The molecule has 2 aliphatic heterocycles. The number of methoxy groups -OCH3 is 2. The summed E-state index contributed by atoms with van der Waals surface area (Å²) in [5.41, 5.74) is 8.48. The van der Waals surface area contributed by atoms with Gasteiger partial charge in [0, 0.05) is 32.2 Å². The molecule has 30 heavy (non-hydrogen) atoms. The van der Waals surface area contributed by atoms with Gasteiger partial charge in [-0.3, -0.25) is 4.79 Å². The Labute approximate surface area is 178 Å². The van der Waals surface area contributed by atoms with Crippen molar-refractivity contribution in [3.8, 4) is 0 Å². The molecule has 1 aromatic carbocycles. The van der Waals surface area contributed by atoms with Gasteiger partial charge in [-0.05, 0) is 44.9 Å². The first-order valence-electron chi connectivity index (χ1n) is 10.3. The summed E-state index contributed by atoms with van der Waals surface area (Å²) in [5, 5.41) is 0. The molecule has 1 aromatic rings. The summed E-state index contributed by atoms with van der Waals surface area (Å²) in [6.45, 7) is 7.42. The minimum atomic E-state index is -0.498. The molecule has 3 rings (SSSR count). The average Bonchev–Trinajstić information content (AvgIpc) is 3.27. The van der Waals surface area contributed by atoms with Gasteiger partial charge in [-0.2, -0.15) is 0 Å². The Morgan fingerprint density at radius 3 is 2.47 bits per heavy atom. The molecule has 3 atom stereocenters. The number of anilines is 2. The summed E-state index contributed by atoms with van der Waals surface area (Å²) < 4.78 is 15.6. The molecule has 2 bridgehead atoms. The summed E-state index contributed by atoms with van der Waals surface area (Å²) in [6, 6.07) is 6.27. The van der Waals surface area contributed by atoms with Gasteiger partial charge in [-0.1, -0.05) is 6.07 Å². The van der Waals surface area contributed by atoms with Crippen molar-refractivity contribution in [1.82, 2.24) is 4.90 Å². The third-order valence-electron chi connectivity index (χ3n) is 5.71. The van der Waals surface area contributed by atoms with Gasteiger partial charge in [0.05, 0.1) is 37.6 Å². The van der Waals surface area contributed by atoms with Crippen molar-refractivity contribution in [1.29, 1.82) is 0 Å². The Bertz CT molecular complexity index is 791. The molecule has 2 saturated heterocycles. The molecule has 2 N–H and O–H groups in total. The lowest BCUT2D eigenvalue weighted by Crippen LogP contribution is -2.50. The number of hydrogen-bond donors (Lipinski definition) is 1. The molecular weight excluding hydrogens is 386 g/mol. The predicted octanol–water partition coefficient (Wildman–Crippen LogP) is 2.76. The molecule has 1 unspecified atom stereocenters. The summed E-state index contributed by atoms with van der Waals surface area (Å²) in [6.07, 6.45) is 0.903. The van der Waals surface area contributed by atoms with Gasteiger partial charge >= 0.3 is 12.1 Å². The van der Waals surface area contributed by atoms with Crippen LogP contribution in [-0.2, 0) is 19.0 Å². The highest BCUT2D eigenvalue weighted by molar-refractivity contribution is 5.74. The van der Waals surface area contributed by atoms with Crippen molar-refractivity contribution in [2.75, 3.05) is 44.5 Å². The summed E-state index contributed by atoms with van der Waals surface area (Å²) in [5.74, 6) is -0.393. The number of nitrogens with zero attached hydrogens (tertiary/aromatic N) is 2. The van der Waals surface area contributed by atoms with Gasteiger partial charge < -0.3 is 29.7 Å². The van der Waals surface area contributed by atoms with E-state index in [0.29, 0.717) is 18.8 Å². The Morgan fingerprint density at radius 1 is 1.20 bits per heavy atom. The van der Waals surface area contributed by atoms with Crippen LogP contribution in [-0.4, -0.2) is 68.6 Å². The van der Waals surface area contributed by atoms with E-state index in [9.17, 15) is 9.59 Å². The number of esters is 1. The molecule has 166 valence electrons. The van der Waals surface area contributed by atoms with E-state index in [1.807, 2.05) is 43.9 Å². The fourth-order valence-electron chi connectivity index (χ4n) is 4.35. The maximum absolute atomic E-state index is 12.5. The lowest BCUT2D eigenvalue weighted by Gasteiger charge is -2.37. The Balaban J connectivity index is 1.70. The Hall–Kier alpha value is -2.48. The molecule has 2 fully saturated rings. The highest BCUT2D eigenvalue weighted by atomic mass is 16.6. The number of carbonyl (C=O) groups excluding carboxylic acids is 2. The second kappa shape index (κ2) is 8.71. The van der Waals surface area contributed by atoms with Gasteiger partial charge in [-0.25, -0.2) is 4.79 Å². The zero-order valence-electron chi connectivity index (χ0n) is 18.5. The summed E-state index contributed by atoms with van der Waals surface area (Å²) in [7, 11) is 2.99. The molecule has 1 amide bonds. The molecule has 0 aromatic heterocycles. The van der Waals surface area contributed by atoms with Crippen LogP contribution in [0, 0.1) is 0 Å². The summed E-state index contributed by atoms with van der Waals surface area (Å²) in [4.78, 5) is 28.3. The van der Waals surface area contributed by atoms with E-state index in [-0.39, 0.29) is 36.5 Å². The number of piperazine rings is 1. The third-order valence-corrected chi connectivity index (χ3v) is 5.71. The number of fused-ring (bicyclic) bond motifs is 2.